The van der Waals surface area contributed by atoms with Gasteiger partial charge in [-0.1, -0.05) is 26.0 Å². The van der Waals surface area contributed by atoms with Crippen LogP contribution in [0.2, 0.25) is 0 Å². The molecule has 0 unspecified atom stereocenters. The van der Waals surface area contributed by atoms with Crippen LogP contribution in [0.25, 0.3) is 11.0 Å². The Hall–Kier alpha value is -2.63. The fraction of sp³-hybridized carbons (Fsp3) is 0.389. The van der Waals surface area contributed by atoms with E-state index < -0.39 is 0 Å². The van der Waals surface area contributed by atoms with Gasteiger partial charge in [-0.05, 0) is 24.5 Å². The van der Waals surface area contributed by atoms with E-state index in [2.05, 4.69) is 40.0 Å². The van der Waals surface area contributed by atoms with Crippen molar-refractivity contribution in [3.8, 4) is 0 Å². The number of aryl methyl sites for hydroxylation is 1. The van der Waals surface area contributed by atoms with E-state index >= 15 is 0 Å². The highest BCUT2D eigenvalue weighted by Crippen LogP contribution is 2.36. The van der Waals surface area contributed by atoms with Crippen LogP contribution in [0, 0.1) is 5.92 Å². The molecule has 3 heterocycles. The second-order valence-electron chi connectivity index (χ2n) is 6.80. The first-order valence-corrected chi connectivity index (χ1v) is 8.41. The first-order chi connectivity index (χ1) is 11.6. The number of carbonyl (C=O) groups is 1. The lowest BCUT2D eigenvalue weighted by Gasteiger charge is -2.23. The number of nitrogens with one attached hydrogen (secondary N) is 2. The molecule has 2 aromatic heterocycles. The summed E-state index contributed by atoms with van der Waals surface area (Å²) < 4.78 is 2.27. The van der Waals surface area contributed by atoms with E-state index in [1.165, 1.54) is 0 Å². The Morgan fingerprint density at radius 2 is 2.17 bits per heavy atom. The van der Waals surface area contributed by atoms with Gasteiger partial charge in [-0.15, -0.1) is 0 Å². The number of carbonyl (C=O) groups excluding carboxylic acids is 1. The molecule has 6 nitrogen and oxygen atoms in total. The number of nitrogens with zero attached hydrogens (tertiary/aromatic N) is 3. The number of rotatable bonds is 4. The number of para-hydroxylation sites is 2. The van der Waals surface area contributed by atoms with Crippen molar-refractivity contribution < 1.29 is 4.79 Å². The van der Waals surface area contributed by atoms with Crippen molar-refractivity contribution in [2.45, 2.75) is 39.2 Å². The molecule has 0 fully saturated rings. The Morgan fingerprint density at radius 1 is 1.33 bits per heavy atom. The van der Waals surface area contributed by atoms with Crippen LogP contribution in [0.3, 0.4) is 0 Å². The molecule has 6 heteroatoms. The van der Waals surface area contributed by atoms with Crippen LogP contribution in [0.4, 0.5) is 5.82 Å². The van der Waals surface area contributed by atoms with Gasteiger partial charge in [-0.3, -0.25) is 9.89 Å². The lowest BCUT2D eigenvalue weighted by Crippen LogP contribution is -2.25. The molecule has 4 rings (SSSR count). The van der Waals surface area contributed by atoms with Crippen molar-refractivity contribution >= 4 is 22.8 Å². The summed E-state index contributed by atoms with van der Waals surface area (Å²) >= 11 is 0. The number of H-pyrrole nitrogens is 1. The zero-order valence-corrected chi connectivity index (χ0v) is 13.9. The standard InChI is InChI=1S/C18H21N5O/c1-11(2)7-8-23-15-6-4-3-5-14(15)20-18(23)12-9-16(24)21-17-13(12)10-19-22-17/h3-6,10-12H,7-9H2,1-2H3,(H2,19,21,22,24)/t12-/m0/s1. The molecule has 0 saturated heterocycles. The summed E-state index contributed by atoms with van der Waals surface area (Å²) in [6, 6.07) is 8.18. The number of anilines is 1. The lowest BCUT2D eigenvalue weighted by molar-refractivity contribution is -0.116. The molecule has 0 radical (unpaired) electrons. The normalized spacial score (nSPS) is 17.3. The first kappa shape index (κ1) is 14.9. The smallest absolute Gasteiger partial charge is 0.226 e. The number of imidazole rings is 1. The maximum atomic E-state index is 12.1. The zero-order valence-electron chi connectivity index (χ0n) is 13.9. The maximum absolute atomic E-state index is 12.1. The summed E-state index contributed by atoms with van der Waals surface area (Å²) in [7, 11) is 0. The largest absolute Gasteiger partial charge is 0.327 e. The Bertz CT molecular complexity index is 892. The zero-order chi connectivity index (χ0) is 16.7. The molecule has 1 aliphatic rings. The molecule has 1 atom stereocenters. The number of aromatic nitrogens is 4. The SMILES string of the molecule is CC(C)CCn1c([C@H]2CC(=O)Nc3[nH]ncc32)nc2ccccc21. The van der Waals surface area contributed by atoms with Crippen LogP contribution >= 0.6 is 0 Å². The van der Waals surface area contributed by atoms with Gasteiger partial charge in [0.15, 0.2) is 0 Å². The van der Waals surface area contributed by atoms with Crippen molar-refractivity contribution in [2.24, 2.45) is 5.92 Å². The topological polar surface area (TPSA) is 75.6 Å². The van der Waals surface area contributed by atoms with Crippen LogP contribution in [-0.2, 0) is 11.3 Å². The van der Waals surface area contributed by atoms with E-state index in [0.717, 1.165) is 35.4 Å². The van der Waals surface area contributed by atoms with Crippen LogP contribution < -0.4 is 5.32 Å². The second-order valence-corrected chi connectivity index (χ2v) is 6.80. The monoisotopic (exact) mass is 323 g/mol. The van der Waals surface area contributed by atoms with Crippen molar-refractivity contribution in [1.29, 1.82) is 0 Å². The van der Waals surface area contributed by atoms with Crippen molar-refractivity contribution in [3.05, 3.63) is 41.9 Å². The average molecular weight is 323 g/mol. The summed E-state index contributed by atoms with van der Waals surface area (Å²) in [4.78, 5) is 17.0. The lowest BCUT2D eigenvalue weighted by atomic mass is 9.93. The number of benzene rings is 1. The van der Waals surface area contributed by atoms with Gasteiger partial charge in [0.1, 0.15) is 11.6 Å². The number of fused-ring (bicyclic) bond motifs is 2. The predicted molar refractivity (Wildman–Crippen MR) is 92.9 cm³/mol. The van der Waals surface area contributed by atoms with Crippen molar-refractivity contribution in [2.75, 3.05) is 5.32 Å². The summed E-state index contributed by atoms with van der Waals surface area (Å²) in [5, 5.41) is 9.82. The molecular formula is C18H21N5O. The molecule has 3 aromatic rings. The van der Waals surface area contributed by atoms with E-state index in [-0.39, 0.29) is 11.8 Å². The highest BCUT2D eigenvalue weighted by Gasteiger charge is 2.31. The Kier molecular flexibility index (Phi) is 3.59. The molecule has 0 aliphatic carbocycles. The minimum Gasteiger partial charge on any atom is -0.327 e. The summed E-state index contributed by atoms with van der Waals surface area (Å²) in [6.45, 7) is 5.35. The Labute approximate surface area is 140 Å². The molecule has 1 amide bonds. The van der Waals surface area contributed by atoms with Gasteiger partial charge < -0.3 is 9.88 Å². The third-order valence-electron chi connectivity index (χ3n) is 4.62. The second kappa shape index (κ2) is 5.78. The Morgan fingerprint density at radius 3 is 3.00 bits per heavy atom. The van der Waals surface area contributed by atoms with Gasteiger partial charge in [0.25, 0.3) is 0 Å². The molecule has 0 spiro atoms. The number of amides is 1. The molecule has 2 N–H and O–H groups in total. The molecule has 24 heavy (non-hydrogen) atoms. The highest BCUT2D eigenvalue weighted by molar-refractivity contribution is 5.94. The minimum atomic E-state index is -0.0629. The molecule has 0 saturated carbocycles. The van der Waals surface area contributed by atoms with E-state index in [0.29, 0.717) is 18.2 Å². The van der Waals surface area contributed by atoms with Gasteiger partial charge in [0.05, 0.1) is 23.1 Å². The molecule has 0 bridgehead atoms. The molecular weight excluding hydrogens is 302 g/mol. The number of aromatic amines is 1. The number of hydrogen-bond acceptors (Lipinski definition) is 3. The van der Waals surface area contributed by atoms with Gasteiger partial charge >= 0.3 is 0 Å². The third kappa shape index (κ3) is 2.48. The maximum Gasteiger partial charge on any atom is 0.226 e. The minimum absolute atomic E-state index is 0.000726. The van der Waals surface area contributed by atoms with E-state index in [9.17, 15) is 4.79 Å². The summed E-state index contributed by atoms with van der Waals surface area (Å²) in [5.41, 5.74) is 3.12. The van der Waals surface area contributed by atoms with Crippen LogP contribution in [0.5, 0.6) is 0 Å². The summed E-state index contributed by atoms with van der Waals surface area (Å²) in [5.74, 6) is 2.19. The molecule has 1 aliphatic heterocycles. The van der Waals surface area contributed by atoms with Crippen molar-refractivity contribution in [3.63, 3.8) is 0 Å². The summed E-state index contributed by atoms with van der Waals surface area (Å²) in [6.07, 6.45) is 3.27. The van der Waals surface area contributed by atoms with Crippen LogP contribution in [-0.4, -0.2) is 25.7 Å². The van der Waals surface area contributed by atoms with Crippen LogP contribution in [0.15, 0.2) is 30.5 Å². The van der Waals surface area contributed by atoms with Gasteiger partial charge in [0, 0.05) is 18.5 Å². The Balaban J connectivity index is 1.84. The van der Waals surface area contributed by atoms with E-state index in [1.807, 2.05) is 18.2 Å². The van der Waals surface area contributed by atoms with E-state index in [4.69, 9.17) is 4.98 Å². The quantitative estimate of drug-likeness (QED) is 0.773. The highest BCUT2D eigenvalue weighted by atomic mass is 16.1. The van der Waals surface area contributed by atoms with Crippen LogP contribution in [0.1, 0.15) is 44.0 Å². The number of hydrogen-bond donors (Lipinski definition) is 2. The molecule has 124 valence electrons. The molecule has 1 aromatic carbocycles. The van der Waals surface area contributed by atoms with Gasteiger partial charge in [0.2, 0.25) is 5.91 Å². The third-order valence-corrected chi connectivity index (χ3v) is 4.62. The fourth-order valence-corrected chi connectivity index (χ4v) is 3.36. The van der Waals surface area contributed by atoms with Crippen molar-refractivity contribution in [1.82, 2.24) is 19.7 Å². The fourth-order valence-electron chi connectivity index (χ4n) is 3.36. The first-order valence-electron chi connectivity index (χ1n) is 8.41. The van der Waals surface area contributed by atoms with Gasteiger partial charge in [-0.25, -0.2) is 4.98 Å². The predicted octanol–water partition coefficient (Wildman–Crippen LogP) is 3.28. The average Bonchev–Trinajstić information content (AvgIpc) is 3.16. The van der Waals surface area contributed by atoms with Gasteiger partial charge in [-0.2, -0.15) is 5.10 Å². The van der Waals surface area contributed by atoms with E-state index in [1.54, 1.807) is 6.20 Å².